The Morgan fingerprint density at radius 1 is 1.19 bits per heavy atom. The minimum Gasteiger partial charge on any atom is -0.452 e. The van der Waals surface area contributed by atoms with Crippen molar-refractivity contribution in [3.63, 3.8) is 0 Å². The van der Waals surface area contributed by atoms with Gasteiger partial charge in [-0.25, -0.2) is 9.59 Å². The highest BCUT2D eigenvalue weighted by Gasteiger charge is 2.12. The number of hydrogen-bond donors (Lipinski definition) is 3. The Morgan fingerprint density at radius 2 is 1.90 bits per heavy atom. The molecule has 0 unspecified atom stereocenters. The summed E-state index contributed by atoms with van der Waals surface area (Å²) in [5.74, 6) is -1.76. The molecule has 4 amide bonds. The number of ether oxygens (including phenoxy) is 1. The number of nitrogens with one attached hydrogen (secondary N) is 3. The standard InChI is InChI=1S/C13H15N3O5/c1-8(17)15-10-5-3-4-9(6-10)12(19)21-7-11(18)16-13(20)14-2/h3-6H,7H2,1-2H3,(H,15,17)(H2,14,16,18,20). The molecule has 3 N–H and O–H groups in total. The van der Waals surface area contributed by atoms with Crippen LogP contribution in [0.5, 0.6) is 0 Å². The molecule has 0 bridgehead atoms. The molecule has 0 heterocycles. The predicted molar refractivity (Wildman–Crippen MR) is 73.6 cm³/mol. The van der Waals surface area contributed by atoms with Gasteiger partial charge in [0.2, 0.25) is 5.91 Å². The van der Waals surface area contributed by atoms with Gasteiger partial charge in [-0.1, -0.05) is 6.07 Å². The van der Waals surface area contributed by atoms with E-state index in [4.69, 9.17) is 4.74 Å². The number of rotatable bonds is 4. The third kappa shape index (κ3) is 5.72. The lowest BCUT2D eigenvalue weighted by Gasteiger charge is -2.07. The Bertz CT molecular complexity index is 571. The zero-order valence-corrected chi connectivity index (χ0v) is 11.6. The maximum Gasteiger partial charge on any atom is 0.338 e. The Hall–Kier alpha value is -2.90. The first-order chi connectivity index (χ1) is 9.92. The summed E-state index contributed by atoms with van der Waals surface area (Å²) in [4.78, 5) is 44.8. The summed E-state index contributed by atoms with van der Waals surface area (Å²) in [6.07, 6.45) is 0. The number of esters is 1. The van der Waals surface area contributed by atoms with Crippen LogP contribution in [0.2, 0.25) is 0 Å². The highest BCUT2D eigenvalue weighted by Crippen LogP contribution is 2.11. The van der Waals surface area contributed by atoms with Gasteiger partial charge in [0.05, 0.1) is 5.56 Å². The molecule has 0 radical (unpaired) electrons. The summed E-state index contributed by atoms with van der Waals surface area (Å²) in [6, 6.07) is 5.37. The lowest BCUT2D eigenvalue weighted by atomic mass is 10.2. The van der Waals surface area contributed by atoms with Crippen molar-refractivity contribution in [2.45, 2.75) is 6.92 Å². The monoisotopic (exact) mass is 293 g/mol. The van der Waals surface area contributed by atoms with Gasteiger partial charge in [-0.3, -0.25) is 14.9 Å². The van der Waals surface area contributed by atoms with Crippen LogP contribution >= 0.6 is 0 Å². The molecule has 1 aromatic rings. The fourth-order valence-corrected chi connectivity index (χ4v) is 1.37. The molecule has 8 nitrogen and oxygen atoms in total. The van der Waals surface area contributed by atoms with Crippen molar-refractivity contribution in [2.24, 2.45) is 0 Å². The summed E-state index contributed by atoms with van der Waals surface area (Å²) >= 11 is 0. The van der Waals surface area contributed by atoms with Crippen LogP contribution in [-0.2, 0) is 14.3 Å². The predicted octanol–water partition coefficient (Wildman–Crippen LogP) is 0.257. The summed E-state index contributed by atoms with van der Waals surface area (Å²) in [6.45, 7) is 0.755. The van der Waals surface area contributed by atoms with E-state index in [0.717, 1.165) is 0 Å². The van der Waals surface area contributed by atoms with E-state index in [-0.39, 0.29) is 11.5 Å². The highest BCUT2D eigenvalue weighted by molar-refractivity contribution is 5.97. The van der Waals surface area contributed by atoms with Crippen molar-refractivity contribution in [3.05, 3.63) is 29.8 Å². The Morgan fingerprint density at radius 3 is 2.52 bits per heavy atom. The Labute approximate surface area is 120 Å². The molecule has 0 fully saturated rings. The van der Waals surface area contributed by atoms with Gasteiger partial charge in [0.1, 0.15) is 0 Å². The molecule has 0 aromatic heterocycles. The minimum absolute atomic E-state index is 0.175. The van der Waals surface area contributed by atoms with Crippen molar-refractivity contribution in [2.75, 3.05) is 19.0 Å². The number of carbonyl (C=O) groups is 4. The molecule has 0 aliphatic heterocycles. The second-order valence-corrected chi connectivity index (χ2v) is 3.97. The average Bonchev–Trinajstić information content (AvgIpc) is 2.44. The smallest absolute Gasteiger partial charge is 0.338 e. The molecule has 8 heteroatoms. The molecular weight excluding hydrogens is 278 g/mol. The normalized spacial score (nSPS) is 9.43. The van der Waals surface area contributed by atoms with Gasteiger partial charge in [-0.2, -0.15) is 0 Å². The largest absolute Gasteiger partial charge is 0.452 e. The van der Waals surface area contributed by atoms with Gasteiger partial charge in [-0.05, 0) is 18.2 Å². The van der Waals surface area contributed by atoms with Crippen molar-refractivity contribution < 1.29 is 23.9 Å². The molecule has 1 rings (SSSR count). The molecule has 21 heavy (non-hydrogen) atoms. The number of carbonyl (C=O) groups excluding carboxylic acids is 4. The zero-order valence-electron chi connectivity index (χ0n) is 11.6. The Kier molecular flexibility index (Phi) is 5.87. The van der Waals surface area contributed by atoms with Gasteiger partial charge in [-0.15, -0.1) is 0 Å². The van der Waals surface area contributed by atoms with Crippen molar-refractivity contribution >= 4 is 29.5 Å². The van der Waals surface area contributed by atoms with Crippen LogP contribution in [-0.4, -0.2) is 37.5 Å². The number of imide groups is 1. The fourth-order valence-electron chi connectivity index (χ4n) is 1.37. The third-order valence-corrected chi connectivity index (χ3v) is 2.23. The van der Waals surface area contributed by atoms with Crippen molar-refractivity contribution in [1.29, 1.82) is 0 Å². The molecular formula is C13H15N3O5. The quantitative estimate of drug-likeness (QED) is 0.689. The van der Waals surface area contributed by atoms with E-state index >= 15 is 0 Å². The fraction of sp³-hybridized carbons (Fsp3) is 0.231. The minimum atomic E-state index is -0.749. The topological polar surface area (TPSA) is 114 Å². The number of hydrogen-bond acceptors (Lipinski definition) is 5. The summed E-state index contributed by atoms with van der Waals surface area (Å²) < 4.78 is 4.75. The van der Waals surface area contributed by atoms with Gasteiger partial charge >= 0.3 is 12.0 Å². The van der Waals surface area contributed by atoms with E-state index in [9.17, 15) is 19.2 Å². The number of amides is 4. The van der Waals surface area contributed by atoms with Crippen LogP contribution in [0, 0.1) is 0 Å². The molecule has 0 saturated carbocycles. The SMILES string of the molecule is CNC(=O)NC(=O)COC(=O)c1cccc(NC(C)=O)c1. The van der Waals surface area contributed by atoms with Crippen LogP contribution in [0.25, 0.3) is 0 Å². The lowest BCUT2D eigenvalue weighted by molar-refractivity contribution is -0.123. The molecule has 0 atom stereocenters. The second-order valence-electron chi connectivity index (χ2n) is 3.97. The molecule has 0 spiro atoms. The van der Waals surface area contributed by atoms with Crippen LogP contribution in [0.3, 0.4) is 0 Å². The van der Waals surface area contributed by atoms with E-state index in [2.05, 4.69) is 10.6 Å². The summed E-state index contributed by atoms with van der Waals surface area (Å²) in [5, 5.41) is 6.66. The molecule has 0 aliphatic rings. The molecule has 0 saturated heterocycles. The first-order valence-corrected chi connectivity index (χ1v) is 5.98. The maximum absolute atomic E-state index is 11.7. The average molecular weight is 293 g/mol. The zero-order chi connectivity index (χ0) is 15.8. The maximum atomic E-state index is 11.7. The van der Waals surface area contributed by atoms with Gasteiger partial charge < -0.3 is 15.4 Å². The number of anilines is 1. The third-order valence-electron chi connectivity index (χ3n) is 2.23. The van der Waals surface area contributed by atoms with E-state index in [1.807, 2.05) is 5.32 Å². The van der Waals surface area contributed by atoms with Crippen molar-refractivity contribution in [1.82, 2.24) is 10.6 Å². The second kappa shape index (κ2) is 7.63. The van der Waals surface area contributed by atoms with Crippen LogP contribution in [0.1, 0.15) is 17.3 Å². The highest BCUT2D eigenvalue weighted by atomic mass is 16.5. The molecule has 112 valence electrons. The first-order valence-electron chi connectivity index (χ1n) is 5.98. The summed E-state index contributed by atoms with van der Waals surface area (Å²) in [5.41, 5.74) is 0.612. The van der Waals surface area contributed by atoms with Crippen LogP contribution in [0.4, 0.5) is 10.5 Å². The number of urea groups is 1. The van der Waals surface area contributed by atoms with Gasteiger partial charge in [0.25, 0.3) is 5.91 Å². The van der Waals surface area contributed by atoms with E-state index < -0.39 is 24.5 Å². The van der Waals surface area contributed by atoms with Crippen molar-refractivity contribution in [3.8, 4) is 0 Å². The van der Waals surface area contributed by atoms with E-state index in [1.165, 1.54) is 26.1 Å². The van der Waals surface area contributed by atoms with Gasteiger partial charge in [0.15, 0.2) is 6.61 Å². The lowest BCUT2D eigenvalue weighted by Crippen LogP contribution is -2.39. The van der Waals surface area contributed by atoms with Crippen LogP contribution in [0.15, 0.2) is 24.3 Å². The van der Waals surface area contributed by atoms with E-state index in [0.29, 0.717) is 5.69 Å². The molecule has 1 aromatic carbocycles. The summed E-state index contributed by atoms with van der Waals surface area (Å²) in [7, 11) is 1.35. The first kappa shape index (κ1) is 16.2. The van der Waals surface area contributed by atoms with Crippen LogP contribution < -0.4 is 16.0 Å². The Balaban J connectivity index is 2.57. The van der Waals surface area contributed by atoms with E-state index in [1.54, 1.807) is 12.1 Å². The number of benzene rings is 1. The molecule has 0 aliphatic carbocycles. The van der Waals surface area contributed by atoms with Gasteiger partial charge in [0, 0.05) is 19.7 Å².